The Morgan fingerprint density at radius 3 is 2.00 bits per heavy atom. The zero-order valence-corrected chi connectivity index (χ0v) is 10.7. The molecule has 0 radical (unpaired) electrons. The summed E-state index contributed by atoms with van der Waals surface area (Å²) in [6, 6.07) is 0. The van der Waals surface area contributed by atoms with Crippen LogP contribution in [0, 0.1) is 0 Å². The number of carbonyl (C=O) groups excluding carboxylic acids is 1. The molecule has 1 saturated heterocycles. The molecule has 5 nitrogen and oxygen atoms in total. The minimum Gasteiger partial charge on any atom is -0.377 e. The fourth-order valence-corrected chi connectivity index (χ4v) is 1.86. The molecule has 16 heavy (non-hydrogen) atoms. The van der Waals surface area contributed by atoms with Crippen molar-refractivity contribution in [3.8, 4) is 0 Å². The maximum absolute atomic E-state index is 12.2. The minimum atomic E-state index is -0.541. The number of hydrogen-bond donors (Lipinski definition) is 1. The zero-order valence-electron chi connectivity index (χ0n) is 10.7. The highest BCUT2D eigenvalue weighted by Gasteiger charge is 2.40. The number of likely N-dealkylation sites (N-methyl/N-ethyl adjacent to an activating group) is 1. The van der Waals surface area contributed by atoms with E-state index < -0.39 is 5.54 Å². The van der Waals surface area contributed by atoms with Crippen LogP contribution in [-0.2, 0) is 14.3 Å². The lowest BCUT2D eigenvalue weighted by Crippen LogP contribution is -2.52. The first-order chi connectivity index (χ1) is 7.46. The molecule has 0 aliphatic carbocycles. The van der Waals surface area contributed by atoms with E-state index in [0.29, 0.717) is 13.1 Å². The summed E-state index contributed by atoms with van der Waals surface area (Å²) in [5, 5.41) is 3.01. The van der Waals surface area contributed by atoms with Crippen molar-refractivity contribution in [3.63, 3.8) is 0 Å². The third-order valence-corrected chi connectivity index (χ3v) is 3.27. The van der Waals surface area contributed by atoms with E-state index in [1.807, 2.05) is 13.8 Å². The topological polar surface area (TPSA) is 50.8 Å². The number of hydrogen-bond acceptors (Lipinski definition) is 4. The SMILES string of the molecule is CNC(C)(C)C(=O)N1CC(OC)C(OC)C1. The van der Waals surface area contributed by atoms with E-state index >= 15 is 0 Å². The molecule has 1 aliphatic heterocycles. The fraction of sp³-hybridized carbons (Fsp3) is 0.909. The molecule has 1 N–H and O–H groups in total. The van der Waals surface area contributed by atoms with Crippen LogP contribution in [0.4, 0.5) is 0 Å². The van der Waals surface area contributed by atoms with Gasteiger partial charge in [-0.05, 0) is 20.9 Å². The number of methoxy groups -OCH3 is 2. The zero-order chi connectivity index (χ0) is 12.3. The maximum Gasteiger partial charge on any atom is 0.242 e. The van der Waals surface area contributed by atoms with Crippen molar-refractivity contribution >= 4 is 5.91 Å². The standard InChI is InChI=1S/C11H22N2O3/c1-11(2,12-3)10(14)13-6-8(15-4)9(7-13)16-5/h8-9,12H,6-7H2,1-5H3. The van der Waals surface area contributed by atoms with Crippen molar-refractivity contribution in [1.82, 2.24) is 10.2 Å². The Labute approximate surface area is 97.1 Å². The lowest BCUT2D eigenvalue weighted by atomic mass is 10.0. The summed E-state index contributed by atoms with van der Waals surface area (Å²) in [5.74, 6) is 0.0802. The van der Waals surface area contributed by atoms with E-state index in [1.165, 1.54) is 0 Å². The Kier molecular flexibility index (Phi) is 4.29. The predicted molar refractivity (Wildman–Crippen MR) is 61.3 cm³/mol. The highest BCUT2D eigenvalue weighted by atomic mass is 16.5. The highest BCUT2D eigenvalue weighted by Crippen LogP contribution is 2.19. The van der Waals surface area contributed by atoms with Crippen LogP contribution < -0.4 is 5.32 Å². The van der Waals surface area contributed by atoms with Gasteiger partial charge in [-0.3, -0.25) is 4.79 Å². The van der Waals surface area contributed by atoms with E-state index in [-0.39, 0.29) is 18.1 Å². The summed E-state index contributed by atoms with van der Waals surface area (Å²) >= 11 is 0. The molecule has 1 rings (SSSR count). The van der Waals surface area contributed by atoms with E-state index in [4.69, 9.17) is 9.47 Å². The Morgan fingerprint density at radius 2 is 1.69 bits per heavy atom. The van der Waals surface area contributed by atoms with Crippen molar-refractivity contribution in [1.29, 1.82) is 0 Å². The van der Waals surface area contributed by atoms with Gasteiger partial charge in [-0.2, -0.15) is 0 Å². The molecule has 5 heteroatoms. The molecule has 0 aromatic heterocycles. The molecular weight excluding hydrogens is 208 g/mol. The first kappa shape index (κ1) is 13.4. The van der Waals surface area contributed by atoms with Gasteiger partial charge in [-0.15, -0.1) is 0 Å². The van der Waals surface area contributed by atoms with E-state index in [0.717, 1.165) is 0 Å². The second-order valence-corrected chi connectivity index (χ2v) is 4.63. The van der Waals surface area contributed by atoms with Crippen LogP contribution in [0.5, 0.6) is 0 Å². The van der Waals surface area contributed by atoms with Gasteiger partial charge in [0.05, 0.1) is 5.54 Å². The lowest BCUT2D eigenvalue weighted by molar-refractivity contribution is -0.136. The molecule has 0 spiro atoms. The van der Waals surface area contributed by atoms with Crippen LogP contribution in [0.25, 0.3) is 0 Å². The third-order valence-electron chi connectivity index (χ3n) is 3.27. The van der Waals surface area contributed by atoms with Crippen molar-refractivity contribution in [2.45, 2.75) is 31.6 Å². The molecule has 2 atom stereocenters. The number of amides is 1. The summed E-state index contributed by atoms with van der Waals surface area (Å²) in [7, 11) is 5.08. The summed E-state index contributed by atoms with van der Waals surface area (Å²) < 4.78 is 10.6. The molecule has 0 aromatic carbocycles. The number of rotatable bonds is 4. The van der Waals surface area contributed by atoms with Crippen LogP contribution in [0.2, 0.25) is 0 Å². The molecular formula is C11H22N2O3. The third kappa shape index (κ3) is 2.53. The molecule has 1 aliphatic rings. The maximum atomic E-state index is 12.2. The van der Waals surface area contributed by atoms with Gasteiger partial charge in [0.15, 0.2) is 0 Å². The molecule has 1 heterocycles. The van der Waals surface area contributed by atoms with Gasteiger partial charge in [0.25, 0.3) is 0 Å². The van der Waals surface area contributed by atoms with Crippen LogP contribution in [0.3, 0.4) is 0 Å². The monoisotopic (exact) mass is 230 g/mol. The molecule has 2 unspecified atom stereocenters. The lowest BCUT2D eigenvalue weighted by Gasteiger charge is -2.28. The average Bonchev–Trinajstić information content (AvgIpc) is 2.70. The first-order valence-corrected chi connectivity index (χ1v) is 5.50. The molecule has 0 bridgehead atoms. The fourth-order valence-electron chi connectivity index (χ4n) is 1.86. The van der Waals surface area contributed by atoms with Crippen LogP contribution in [-0.4, -0.2) is 62.9 Å². The number of likely N-dealkylation sites (tertiary alicyclic amines) is 1. The minimum absolute atomic E-state index is 0.0263. The van der Waals surface area contributed by atoms with Crippen LogP contribution >= 0.6 is 0 Å². The van der Waals surface area contributed by atoms with Crippen molar-refractivity contribution in [2.24, 2.45) is 0 Å². The highest BCUT2D eigenvalue weighted by molar-refractivity contribution is 5.85. The van der Waals surface area contributed by atoms with Gasteiger partial charge < -0.3 is 19.7 Å². The van der Waals surface area contributed by atoms with Gasteiger partial charge in [0, 0.05) is 27.3 Å². The number of nitrogens with one attached hydrogen (secondary N) is 1. The second kappa shape index (κ2) is 5.12. The van der Waals surface area contributed by atoms with Gasteiger partial charge in [-0.25, -0.2) is 0 Å². The van der Waals surface area contributed by atoms with Crippen LogP contribution in [0.1, 0.15) is 13.8 Å². The Balaban J connectivity index is 2.67. The normalized spacial score (nSPS) is 26.2. The smallest absolute Gasteiger partial charge is 0.242 e. The molecule has 1 fully saturated rings. The van der Waals surface area contributed by atoms with Crippen molar-refractivity contribution in [2.75, 3.05) is 34.4 Å². The molecule has 94 valence electrons. The van der Waals surface area contributed by atoms with E-state index in [1.54, 1.807) is 26.2 Å². The van der Waals surface area contributed by atoms with Gasteiger partial charge in [0.2, 0.25) is 5.91 Å². The molecule has 1 amide bonds. The van der Waals surface area contributed by atoms with Crippen molar-refractivity contribution in [3.05, 3.63) is 0 Å². The van der Waals surface area contributed by atoms with E-state index in [2.05, 4.69) is 5.32 Å². The Morgan fingerprint density at radius 1 is 1.25 bits per heavy atom. The quantitative estimate of drug-likeness (QED) is 0.730. The van der Waals surface area contributed by atoms with Crippen molar-refractivity contribution < 1.29 is 14.3 Å². The average molecular weight is 230 g/mol. The number of ether oxygens (including phenoxy) is 2. The summed E-state index contributed by atoms with van der Waals surface area (Å²) in [5.41, 5.74) is -0.541. The van der Waals surface area contributed by atoms with Crippen LogP contribution in [0.15, 0.2) is 0 Å². The first-order valence-electron chi connectivity index (χ1n) is 5.50. The molecule has 0 saturated carbocycles. The van der Waals surface area contributed by atoms with Gasteiger partial charge in [-0.1, -0.05) is 0 Å². The largest absolute Gasteiger partial charge is 0.377 e. The number of nitrogens with zero attached hydrogens (tertiary/aromatic N) is 1. The Bertz CT molecular complexity index is 244. The van der Waals surface area contributed by atoms with Gasteiger partial charge >= 0.3 is 0 Å². The summed E-state index contributed by atoms with van der Waals surface area (Å²) in [6.45, 7) is 4.94. The second-order valence-electron chi connectivity index (χ2n) is 4.63. The summed E-state index contributed by atoms with van der Waals surface area (Å²) in [6.07, 6.45) is -0.0526. The van der Waals surface area contributed by atoms with Gasteiger partial charge in [0.1, 0.15) is 12.2 Å². The summed E-state index contributed by atoms with van der Waals surface area (Å²) in [4.78, 5) is 14.0. The predicted octanol–water partition coefficient (Wildman–Crippen LogP) is -0.143. The Hall–Kier alpha value is -0.650. The number of carbonyl (C=O) groups is 1. The molecule has 0 aromatic rings. The van der Waals surface area contributed by atoms with E-state index in [9.17, 15) is 4.79 Å².